The first-order chi connectivity index (χ1) is 8.69. The minimum Gasteiger partial charge on any atom is -0.423 e. The minimum absolute atomic E-state index is 0.419. The summed E-state index contributed by atoms with van der Waals surface area (Å²) in [6.45, 7) is 0. The molecule has 0 N–H and O–H groups in total. The first-order valence-electron chi connectivity index (χ1n) is 5.17. The molecule has 1 heterocycles. The summed E-state index contributed by atoms with van der Waals surface area (Å²) in [4.78, 5) is 15.9. The first kappa shape index (κ1) is 12.9. The Morgan fingerprint density at radius 2 is 1.94 bits per heavy atom. The van der Waals surface area contributed by atoms with Crippen LogP contribution >= 0.6 is 23.4 Å². The zero-order valence-electron chi connectivity index (χ0n) is 9.59. The summed E-state index contributed by atoms with van der Waals surface area (Å²) in [6, 6.07) is 10.1. The summed E-state index contributed by atoms with van der Waals surface area (Å²) >= 11 is 7.26. The van der Waals surface area contributed by atoms with Crippen molar-refractivity contribution in [3.05, 3.63) is 53.2 Å². The van der Waals surface area contributed by atoms with E-state index in [1.54, 1.807) is 36.4 Å². The molecule has 0 amide bonds. The van der Waals surface area contributed by atoms with Crippen molar-refractivity contribution in [1.82, 2.24) is 4.98 Å². The Morgan fingerprint density at radius 3 is 2.50 bits per heavy atom. The molecule has 1 aromatic carbocycles. The fourth-order valence-corrected chi connectivity index (χ4v) is 1.78. The van der Waals surface area contributed by atoms with Gasteiger partial charge in [-0.3, -0.25) is 0 Å². The van der Waals surface area contributed by atoms with Gasteiger partial charge in [0.05, 0.1) is 10.6 Å². The number of benzene rings is 1. The molecule has 0 fully saturated rings. The van der Waals surface area contributed by atoms with Crippen LogP contribution in [0, 0.1) is 0 Å². The second-order valence-corrected chi connectivity index (χ2v) is 4.70. The van der Waals surface area contributed by atoms with Gasteiger partial charge in [0.2, 0.25) is 0 Å². The average Bonchev–Trinajstić information content (AvgIpc) is 2.41. The molecule has 18 heavy (non-hydrogen) atoms. The number of esters is 1. The number of hydrogen-bond donors (Lipinski definition) is 0. The predicted octanol–water partition coefficient (Wildman–Crippen LogP) is 3.68. The molecule has 0 unspecified atom stereocenters. The van der Waals surface area contributed by atoms with E-state index in [4.69, 9.17) is 16.3 Å². The molecule has 0 spiro atoms. The molecule has 92 valence electrons. The smallest absolute Gasteiger partial charge is 0.345 e. The van der Waals surface area contributed by atoms with Gasteiger partial charge in [0, 0.05) is 11.2 Å². The Balaban J connectivity index is 2.09. The van der Waals surface area contributed by atoms with Crippen molar-refractivity contribution in [3.63, 3.8) is 0 Å². The number of nitrogens with zero attached hydrogens (tertiary/aromatic N) is 1. The van der Waals surface area contributed by atoms with Crippen molar-refractivity contribution in [2.75, 3.05) is 6.26 Å². The second kappa shape index (κ2) is 5.89. The van der Waals surface area contributed by atoms with Gasteiger partial charge in [-0.15, -0.1) is 11.8 Å². The predicted molar refractivity (Wildman–Crippen MR) is 72.4 cm³/mol. The number of hydrogen-bond acceptors (Lipinski definition) is 4. The number of aromatic nitrogens is 1. The van der Waals surface area contributed by atoms with Gasteiger partial charge < -0.3 is 4.74 Å². The van der Waals surface area contributed by atoms with Crippen LogP contribution in [0.3, 0.4) is 0 Å². The molecule has 0 aliphatic heterocycles. The van der Waals surface area contributed by atoms with E-state index in [0.717, 1.165) is 5.03 Å². The summed E-state index contributed by atoms with van der Waals surface area (Å²) in [5.41, 5.74) is 0.419. The highest BCUT2D eigenvalue weighted by Crippen LogP contribution is 2.17. The van der Waals surface area contributed by atoms with E-state index in [1.807, 2.05) is 6.26 Å². The van der Waals surface area contributed by atoms with Gasteiger partial charge in [0.15, 0.2) is 0 Å². The number of pyridine rings is 1. The first-order valence-corrected chi connectivity index (χ1v) is 6.77. The van der Waals surface area contributed by atoms with E-state index >= 15 is 0 Å². The lowest BCUT2D eigenvalue weighted by Gasteiger charge is -2.04. The molecule has 0 aliphatic rings. The van der Waals surface area contributed by atoms with Crippen LogP contribution in [0.15, 0.2) is 47.6 Å². The highest BCUT2D eigenvalue weighted by molar-refractivity contribution is 7.98. The Kier molecular flexibility index (Phi) is 4.23. The summed E-state index contributed by atoms with van der Waals surface area (Å²) < 4.78 is 5.18. The summed E-state index contributed by atoms with van der Waals surface area (Å²) in [5.74, 6) is 0.0239. The van der Waals surface area contributed by atoms with Gasteiger partial charge in [-0.1, -0.05) is 11.6 Å². The fourth-order valence-electron chi connectivity index (χ4n) is 1.29. The van der Waals surface area contributed by atoms with E-state index in [0.29, 0.717) is 16.3 Å². The third kappa shape index (κ3) is 3.24. The SMILES string of the molecule is CSc1ccc(C(=O)Oc2ccc(Cl)cc2)cn1. The number of thioether (sulfide) groups is 1. The summed E-state index contributed by atoms with van der Waals surface area (Å²) in [7, 11) is 0. The Hall–Kier alpha value is -1.52. The van der Waals surface area contributed by atoms with Crippen LogP contribution in [0.5, 0.6) is 5.75 Å². The molecule has 2 rings (SSSR count). The summed E-state index contributed by atoms with van der Waals surface area (Å²) in [5, 5.41) is 1.46. The molecule has 0 bridgehead atoms. The maximum atomic E-state index is 11.8. The molecule has 5 heteroatoms. The maximum Gasteiger partial charge on any atom is 0.345 e. The van der Waals surface area contributed by atoms with Crippen LogP contribution in [-0.2, 0) is 0 Å². The van der Waals surface area contributed by atoms with Crippen molar-refractivity contribution < 1.29 is 9.53 Å². The van der Waals surface area contributed by atoms with Crippen LogP contribution in [0.1, 0.15) is 10.4 Å². The lowest BCUT2D eigenvalue weighted by Crippen LogP contribution is -2.08. The number of halogens is 1. The molecular formula is C13H10ClNO2S. The van der Waals surface area contributed by atoms with E-state index in [-0.39, 0.29) is 0 Å². The Morgan fingerprint density at radius 1 is 1.22 bits per heavy atom. The lowest BCUT2D eigenvalue weighted by molar-refractivity contribution is 0.0734. The molecule has 3 nitrogen and oxygen atoms in total. The van der Waals surface area contributed by atoms with Gasteiger partial charge in [-0.2, -0.15) is 0 Å². The van der Waals surface area contributed by atoms with Gasteiger partial charge in [0.1, 0.15) is 5.75 Å². The molecule has 1 aromatic heterocycles. The van der Waals surface area contributed by atoms with E-state index < -0.39 is 5.97 Å². The van der Waals surface area contributed by atoms with Gasteiger partial charge in [0.25, 0.3) is 0 Å². The summed E-state index contributed by atoms with van der Waals surface area (Å²) in [6.07, 6.45) is 3.43. The monoisotopic (exact) mass is 279 g/mol. The maximum absolute atomic E-state index is 11.8. The van der Waals surface area contributed by atoms with Crippen LogP contribution in [0.2, 0.25) is 5.02 Å². The zero-order valence-corrected chi connectivity index (χ0v) is 11.2. The third-order valence-corrected chi connectivity index (χ3v) is 3.12. The molecule has 0 radical (unpaired) electrons. The van der Waals surface area contributed by atoms with Crippen molar-refractivity contribution in [3.8, 4) is 5.75 Å². The highest BCUT2D eigenvalue weighted by Gasteiger charge is 2.08. The molecule has 0 atom stereocenters. The lowest BCUT2D eigenvalue weighted by atomic mass is 10.3. The number of rotatable bonds is 3. The minimum atomic E-state index is -0.433. The van der Waals surface area contributed by atoms with Crippen LogP contribution in [0.25, 0.3) is 0 Å². The molecule has 2 aromatic rings. The van der Waals surface area contributed by atoms with Gasteiger partial charge in [-0.05, 0) is 42.7 Å². The van der Waals surface area contributed by atoms with Gasteiger partial charge in [-0.25, -0.2) is 9.78 Å². The highest BCUT2D eigenvalue weighted by atomic mass is 35.5. The average molecular weight is 280 g/mol. The van der Waals surface area contributed by atoms with Crippen LogP contribution in [0.4, 0.5) is 0 Å². The van der Waals surface area contributed by atoms with Crippen LogP contribution < -0.4 is 4.74 Å². The van der Waals surface area contributed by atoms with Crippen molar-refractivity contribution >= 4 is 29.3 Å². The van der Waals surface area contributed by atoms with Gasteiger partial charge >= 0.3 is 5.97 Å². The van der Waals surface area contributed by atoms with Crippen molar-refractivity contribution in [2.45, 2.75) is 5.03 Å². The second-order valence-electron chi connectivity index (χ2n) is 3.43. The number of carbonyl (C=O) groups is 1. The van der Waals surface area contributed by atoms with E-state index in [9.17, 15) is 4.79 Å². The van der Waals surface area contributed by atoms with Crippen molar-refractivity contribution in [1.29, 1.82) is 0 Å². The van der Waals surface area contributed by atoms with Crippen molar-refractivity contribution in [2.24, 2.45) is 0 Å². The molecule has 0 aliphatic carbocycles. The standard InChI is InChI=1S/C13H10ClNO2S/c1-18-12-7-2-9(8-15-12)13(16)17-11-5-3-10(14)4-6-11/h2-8H,1H3. The third-order valence-electron chi connectivity index (χ3n) is 2.21. The largest absolute Gasteiger partial charge is 0.423 e. The Bertz CT molecular complexity index is 540. The Labute approximate surface area is 114 Å². The normalized spacial score (nSPS) is 10.1. The van der Waals surface area contributed by atoms with E-state index in [1.165, 1.54) is 18.0 Å². The molecule has 0 saturated heterocycles. The fraction of sp³-hybridized carbons (Fsp3) is 0.0769. The molecule has 0 saturated carbocycles. The zero-order chi connectivity index (χ0) is 13.0. The molecular weight excluding hydrogens is 270 g/mol. The topological polar surface area (TPSA) is 39.2 Å². The van der Waals surface area contributed by atoms with E-state index in [2.05, 4.69) is 4.98 Å². The number of carbonyl (C=O) groups excluding carboxylic acids is 1. The quantitative estimate of drug-likeness (QED) is 0.488. The van der Waals surface area contributed by atoms with Crippen LogP contribution in [-0.4, -0.2) is 17.2 Å². The number of ether oxygens (including phenoxy) is 1.